The minimum atomic E-state index is -3.58. The van der Waals surface area contributed by atoms with E-state index in [1.54, 1.807) is 53.4 Å². The minimum Gasteiger partial charge on any atom is -0.382 e. The highest BCUT2D eigenvalue weighted by molar-refractivity contribution is 7.87. The van der Waals surface area contributed by atoms with Gasteiger partial charge in [-0.2, -0.15) is 13.7 Å². The topological polar surface area (TPSA) is 99.5 Å². The predicted octanol–water partition coefficient (Wildman–Crippen LogP) is 4.12. The maximum Gasteiger partial charge on any atom is 0.322 e. The van der Waals surface area contributed by atoms with Gasteiger partial charge in [0.05, 0.1) is 17.4 Å². The zero-order valence-corrected chi connectivity index (χ0v) is 17.6. The molecule has 2 amide bonds. The van der Waals surface area contributed by atoms with Gasteiger partial charge in [-0.05, 0) is 56.2 Å². The molecule has 154 valence electrons. The summed E-state index contributed by atoms with van der Waals surface area (Å²) in [4.78, 5) is 14.5. The Kier molecular flexibility index (Phi) is 7.62. The van der Waals surface area contributed by atoms with Crippen molar-refractivity contribution in [1.82, 2.24) is 4.90 Å². The molecule has 2 aromatic carbocycles. The molecular weight excluding hydrogens is 390 g/mol. The second kappa shape index (κ2) is 9.94. The van der Waals surface area contributed by atoms with Gasteiger partial charge in [0.2, 0.25) is 0 Å². The number of carbonyl (C=O) groups excluding carboxylic acids is 1. The molecule has 0 spiro atoms. The molecule has 0 aromatic heterocycles. The van der Waals surface area contributed by atoms with Crippen molar-refractivity contribution in [3.8, 4) is 11.8 Å². The molecule has 2 aromatic rings. The largest absolute Gasteiger partial charge is 0.382 e. The molecule has 0 radical (unpaired) electrons. The van der Waals surface area contributed by atoms with Crippen LogP contribution in [-0.2, 0) is 16.7 Å². The van der Waals surface area contributed by atoms with Crippen LogP contribution in [0, 0.1) is 11.3 Å². The Balaban J connectivity index is 2.14. The molecule has 0 saturated carbocycles. The smallest absolute Gasteiger partial charge is 0.322 e. The Hall–Kier alpha value is -3.05. The summed E-state index contributed by atoms with van der Waals surface area (Å²) in [6, 6.07) is 15.1. The predicted molar refractivity (Wildman–Crippen MR) is 112 cm³/mol. The number of nitrogens with one attached hydrogen (secondary N) is 1. The van der Waals surface area contributed by atoms with Crippen molar-refractivity contribution in [3.63, 3.8) is 0 Å². The molecule has 0 fully saturated rings. The molecule has 0 aliphatic heterocycles. The fraction of sp³-hybridized carbons (Fsp3) is 0.333. The van der Waals surface area contributed by atoms with Crippen LogP contribution in [0.15, 0.2) is 48.5 Å². The second-order valence-electron chi connectivity index (χ2n) is 6.58. The van der Waals surface area contributed by atoms with E-state index in [0.29, 0.717) is 17.8 Å². The number of urea groups is 1. The molecule has 0 aliphatic rings. The zero-order valence-electron chi connectivity index (χ0n) is 16.8. The first kappa shape index (κ1) is 22.2. The molecule has 0 aliphatic carbocycles. The van der Waals surface area contributed by atoms with Crippen molar-refractivity contribution >= 4 is 21.8 Å². The van der Waals surface area contributed by atoms with Crippen LogP contribution >= 0.6 is 0 Å². The van der Waals surface area contributed by atoms with E-state index in [2.05, 4.69) is 5.32 Å². The molecule has 0 saturated heterocycles. The first-order valence-corrected chi connectivity index (χ1v) is 10.9. The molecule has 8 heteroatoms. The SMILES string of the molecule is CCC(C)N(Cc1ccc(OS(=O)(=O)CC)cc1)C(=O)Nc1cccc(C#N)c1. The van der Waals surface area contributed by atoms with E-state index in [1.165, 1.54) is 6.92 Å². The van der Waals surface area contributed by atoms with E-state index in [1.807, 2.05) is 19.9 Å². The van der Waals surface area contributed by atoms with Crippen molar-refractivity contribution < 1.29 is 17.4 Å². The molecule has 7 nitrogen and oxygen atoms in total. The number of hydrogen-bond acceptors (Lipinski definition) is 5. The van der Waals surface area contributed by atoms with Crippen LogP contribution in [0.1, 0.15) is 38.3 Å². The maximum absolute atomic E-state index is 12.8. The summed E-state index contributed by atoms with van der Waals surface area (Å²) in [6.07, 6.45) is 0.765. The van der Waals surface area contributed by atoms with Crippen LogP contribution in [0.3, 0.4) is 0 Å². The number of amides is 2. The van der Waals surface area contributed by atoms with E-state index >= 15 is 0 Å². The number of anilines is 1. The molecular formula is C21H25N3O4S. The Morgan fingerprint density at radius 3 is 2.48 bits per heavy atom. The van der Waals surface area contributed by atoms with Crippen LogP contribution in [0.4, 0.5) is 10.5 Å². The first-order chi connectivity index (χ1) is 13.8. The maximum atomic E-state index is 12.8. The van der Waals surface area contributed by atoms with Crippen molar-refractivity contribution in [2.45, 2.75) is 39.8 Å². The lowest BCUT2D eigenvalue weighted by Gasteiger charge is -2.29. The molecule has 1 unspecified atom stereocenters. The third-order valence-electron chi connectivity index (χ3n) is 4.48. The Morgan fingerprint density at radius 2 is 1.90 bits per heavy atom. The number of nitrogens with zero attached hydrogens (tertiary/aromatic N) is 2. The van der Waals surface area contributed by atoms with E-state index in [-0.39, 0.29) is 23.6 Å². The summed E-state index contributed by atoms with van der Waals surface area (Å²) in [5, 5.41) is 11.8. The Morgan fingerprint density at radius 1 is 1.21 bits per heavy atom. The normalized spacial score (nSPS) is 11.9. The third-order valence-corrected chi connectivity index (χ3v) is 5.63. The standard InChI is InChI=1S/C21H25N3O4S/c1-4-16(3)24(21(25)23-19-8-6-7-18(13-19)14-22)15-17-9-11-20(12-10-17)28-29(26,27)5-2/h6-13,16H,4-5,15H2,1-3H3,(H,23,25). The Labute approximate surface area is 172 Å². The third kappa shape index (κ3) is 6.50. The fourth-order valence-electron chi connectivity index (χ4n) is 2.56. The van der Waals surface area contributed by atoms with Crippen molar-refractivity contribution in [2.24, 2.45) is 0 Å². The van der Waals surface area contributed by atoms with Crippen molar-refractivity contribution in [3.05, 3.63) is 59.7 Å². The molecule has 1 N–H and O–H groups in total. The van der Waals surface area contributed by atoms with Gasteiger partial charge >= 0.3 is 16.1 Å². The second-order valence-corrected chi connectivity index (χ2v) is 8.44. The van der Waals surface area contributed by atoms with Gasteiger partial charge in [0.1, 0.15) is 5.75 Å². The number of carbonyl (C=O) groups is 1. The highest BCUT2D eigenvalue weighted by Gasteiger charge is 2.20. The summed E-state index contributed by atoms with van der Waals surface area (Å²) in [7, 11) is -3.58. The highest BCUT2D eigenvalue weighted by Crippen LogP contribution is 2.19. The van der Waals surface area contributed by atoms with Crippen LogP contribution in [0.2, 0.25) is 0 Å². The van der Waals surface area contributed by atoms with Gasteiger partial charge < -0.3 is 14.4 Å². The number of nitriles is 1. The molecule has 29 heavy (non-hydrogen) atoms. The van der Waals surface area contributed by atoms with Gasteiger partial charge in [-0.3, -0.25) is 0 Å². The number of benzene rings is 2. The summed E-state index contributed by atoms with van der Waals surface area (Å²) < 4.78 is 28.1. The quantitative estimate of drug-likeness (QED) is 0.654. The lowest BCUT2D eigenvalue weighted by atomic mass is 10.1. The van der Waals surface area contributed by atoms with Crippen LogP contribution in [0.5, 0.6) is 5.75 Å². The Bertz CT molecular complexity index is 982. The highest BCUT2D eigenvalue weighted by atomic mass is 32.2. The van der Waals surface area contributed by atoms with Gasteiger partial charge in [0.15, 0.2) is 0 Å². The number of hydrogen-bond donors (Lipinski definition) is 1. The van der Waals surface area contributed by atoms with Crippen molar-refractivity contribution in [2.75, 3.05) is 11.1 Å². The summed E-state index contributed by atoms with van der Waals surface area (Å²) in [6.45, 7) is 5.81. The number of rotatable bonds is 8. The van der Waals surface area contributed by atoms with E-state index in [4.69, 9.17) is 9.44 Å². The van der Waals surface area contributed by atoms with Gasteiger partial charge in [-0.25, -0.2) is 4.79 Å². The summed E-state index contributed by atoms with van der Waals surface area (Å²) in [5.74, 6) is 0.132. The average molecular weight is 416 g/mol. The summed E-state index contributed by atoms with van der Waals surface area (Å²) >= 11 is 0. The monoisotopic (exact) mass is 415 g/mol. The van der Waals surface area contributed by atoms with E-state index in [9.17, 15) is 13.2 Å². The van der Waals surface area contributed by atoms with Gasteiger partial charge in [0, 0.05) is 18.3 Å². The first-order valence-electron chi connectivity index (χ1n) is 9.36. The molecule has 0 heterocycles. The van der Waals surface area contributed by atoms with Gasteiger partial charge in [0.25, 0.3) is 0 Å². The fourth-order valence-corrected chi connectivity index (χ4v) is 3.08. The molecule has 1 atom stereocenters. The minimum absolute atomic E-state index is 0.0226. The lowest BCUT2D eigenvalue weighted by Crippen LogP contribution is -2.40. The van der Waals surface area contributed by atoms with Crippen molar-refractivity contribution in [1.29, 1.82) is 5.26 Å². The molecule has 0 bridgehead atoms. The van der Waals surface area contributed by atoms with Gasteiger partial charge in [-0.15, -0.1) is 0 Å². The molecule has 2 rings (SSSR count). The van der Waals surface area contributed by atoms with E-state index < -0.39 is 10.1 Å². The van der Waals surface area contributed by atoms with E-state index in [0.717, 1.165) is 12.0 Å². The average Bonchev–Trinajstić information content (AvgIpc) is 2.72. The van der Waals surface area contributed by atoms with Crippen LogP contribution in [-0.4, -0.2) is 31.1 Å². The van der Waals surface area contributed by atoms with Crippen LogP contribution in [0.25, 0.3) is 0 Å². The van der Waals surface area contributed by atoms with Gasteiger partial charge in [-0.1, -0.05) is 25.1 Å². The van der Waals surface area contributed by atoms with Crippen LogP contribution < -0.4 is 9.50 Å². The summed E-state index contributed by atoms with van der Waals surface area (Å²) in [5.41, 5.74) is 1.86. The lowest BCUT2D eigenvalue weighted by molar-refractivity contribution is 0.187. The zero-order chi connectivity index (χ0) is 21.4.